The summed E-state index contributed by atoms with van der Waals surface area (Å²) in [5, 5.41) is 0. The van der Waals surface area contributed by atoms with Gasteiger partial charge in [0.15, 0.2) is 6.10 Å². The van der Waals surface area contributed by atoms with Crippen molar-refractivity contribution < 1.29 is 27.5 Å². The van der Waals surface area contributed by atoms with Crippen molar-refractivity contribution in [3.05, 3.63) is 29.8 Å². The Kier molecular flexibility index (Phi) is 5.23. The van der Waals surface area contributed by atoms with Gasteiger partial charge in [-0.05, 0) is 32.2 Å². The van der Waals surface area contributed by atoms with Crippen molar-refractivity contribution in [1.82, 2.24) is 4.72 Å². The van der Waals surface area contributed by atoms with Crippen molar-refractivity contribution >= 4 is 22.0 Å². The molecule has 0 aromatic heterocycles. The number of carbonyl (C=O) groups excluding carboxylic acids is 2. The number of ether oxygens (including phenoxy) is 2. The number of hydrogen-bond donors (Lipinski definition) is 1. The van der Waals surface area contributed by atoms with Gasteiger partial charge in [0.05, 0.1) is 17.6 Å². The van der Waals surface area contributed by atoms with Gasteiger partial charge < -0.3 is 9.47 Å². The van der Waals surface area contributed by atoms with Gasteiger partial charge in [0.25, 0.3) is 0 Å². The molecule has 0 spiro atoms. The molecule has 1 atom stereocenters. The largest absolute Gasteiger partial charge is 0.466 e. The van der Waals surface area contributed by atoms with E-state index in [-0.39, 0.29) is 10.5 Å². The van der Waals surface area contributed by atoms with Crippen LogP contribution in [-0.4, -0.2) is 40.6 Å². The lowest BCUT2D eigenvalue weighted by Gasteiger charge is -2.11. The highest BCUT2D eigenvalue weighted by Gasteiger charge is 2.20. The third kappa shape index (κ3) is 3.78. The van der Waals surface area contributed by atoms with Crippen LogP contribution in [0.3, 0.4) is 0 Å². The van der Waals surface area contributed by atoms with Crippen molar-refractivity contribution in [3.8, 4) is 0 Å². The average Bonchev–Trinajstić information content (AvgIpc) is 2.46. The molecule has 7 nitrogen and oxygen atoms in total. The van der Waals surface area contributed by atoms with E-state index in [2.05, 4.69) is 9.46 Å². The predicted molar refractivity (Wildman–Crippen MR) is 69.6 cm³/mol. The summed E-state index contributed by atoms with van der Waals surface area (Å²) in [4.78, 5) is 22.9. The van der Waals surface area contributed by atoms with Gasteiger partial charge in [-0.1, -0.05) is 6.07 Å². The maximum Gasteiger partial charge on any atom is 0.346 e. The SMILES string of the molecule is CNS(=O)(=O)c1cccc(C(=O)O[C@@H](C)C(=O)OC)c1. The molecule has 0 heterocycles. The molecule has 0 aliphatic rings. The summed E-state index contributed by atoms with van der Waals surface area (Å²) >= 11 is 0. The van der Waals surface area contributed by atoms with E-state index in [1.54, 1.807) is 0 Å². The Morgan fingerprint density at radius 2 is 1.95 bits per heavy atom. The zero-order valence-electron chi connectivity index (χ0n) is 11.2. The minimum atomic E-state index is -3.65. The van der Waals surface area contributed by atoms with Crippen LogP contribution >= 0.6 is 0 Å². The van der Waals surface area contributed by atoms with Gasteiger partial charge in [-0.25, -0.2) is 22.7 Å². The van der Waals surface area contributed by atoms with Crippen molar-refractivity contribution in [1.29, 1.82) is 0 Å². The number of sulfonamides is 1. The minimum absolute atomic E-state index is 0.0251. The number of carbonyl (C=O) groups is 2. The van der Waals surface area contributed by atoms with Crippen LogP contribution in [0.4, 0.5) is 0 Å². The molecule has 0 amide bonds. The molecule has 1 aromatic carbocycles. The van der Waals surface area contributed by atoms with Crippen LogP contribution in [0.25, 0.3) is 0 Å². The number of methoxy groups -OCH3 is 1. The van der Waals surface area contributed by atoms with E-state index in [0.717, 1.165) is 6.07 Å². The summed E-state index contributed by atoms with van der Waals surface area (Å²) in [5.41, 5.74) is 0.0251. The maximum atomic E-state index is 11.8. The molecule has 0 radical (unpaired) electrons. The van der Waals surface area contributed by atoms with Gasteiger partial charge in [-0.3, -0.25) is 0 Å². The second-order valence-electron chi connectivity index (χ2n) is 3.81. The van der Waals surface area contributed by atoms with Gasteiger partial charge >= 0.3 is 11.9 Å². The Labute approximate surface area is 116 Å². The molecule has 20 heavy (non-hydrogen) atoms. The van der Waals surface area contributed by atoms with Crippen molar-refractivity contribution in [3.63, 3.8) is 0 Å². The first-order valence-corrected chi connectivity index (χ1v) is 7.12. The van der Waals surface area contributed by atoms with E-state index in [0.29, 0.717) is 0 Å². The van der Waals surface area contributed by atoms with E-state index < -0.39 is 28.1 Å². The maximum absolute atomic E-state index is 11.8. The molecular weight excluding hydrogens is 286 g/mol. The lowest BCUT2D eigenvalue weighted by atomic mass is 10.2. The number of esters is 2. The van der Waals surface area contributed by atoms with Crippen molar-refractivity contribution in [2.45, 2.75) is 17.9 Å². The fourth-order valence-electron chi connectivity index (χ4n) is 1.35. The van der Waals surface area contributed by atoms with Crippen LogP contribution < -0.4 is 4.72 Å². The highest BCUT2D eigenvalue weighted by molar-refractivity contribution is 7.89. The standard InChI is InChI=1S/C12H15NO6S/c1-8(11(14)18-3)19-12(15)9-5-4-6-10(7-9)20(16,17)13-2/h4-8,13H,1-3H3/t8-/m0/s1. The summed E-state index contributed by atoms with van der Waals surface area (Å²) in [6, 6.07) is 5.30. The highest BCUT2D eigenvalue weighted by Crippen LogP contribution is 2.13. The highest BCUT2D eigenvalue weighted by atomic mass is 32.2. The number of nitrogens with one attached hydrogen (secondary N) is 1. The summed E-state index contributed by atoms with van der Waals surface area (Å²) < 4.78 is 34.7. The predicted octanol–water partition coefficient (Wildman–Crippen LogP) is 0.313. The number of benzene rings is 1. The van der Waals surface area contributed by atoms with E-state index in [1.807, 2.05) is 0 Å². The molecule has 0 bridgehead atoms. The van der Waals surface area contributed by atoms with Crippen molar-refractivity contribution in [2.24, 2.45) is 0 Å². The first kappa shape index (κ1) is 16.1. The fourth-order valence-corrected chi connectivity index (χ4v) is 2.13. The lowest BCUT2D eigenvalue weighted by Crippen LogP contribution is -2.25. The quantitative estimate of drug-likeness (QED) is 0.786. The molecule has 0 aliphatic carbocycles. The minimum Gasteiger partial charge on any atom is -0.466 e. The molecule has 0 aliphatic heterocycles. The molecule has 0 fully saturated rings. The van der Waals surface area contributed by atoms with E-state index in [1.165, 1.54) is 39.3 Å². The summed E-state index contributed by atoms with van der Waals surface area (Å²) in [6.45, 7) is 1.36. The molecule has 1 N–H and O–H groups in total. The molecule has 0 saturated carbocycles. The summed E-state index contributed by atoms with van der Waals surface area (Å²) in [6.07, 6.45) is -1.07. The molecule has 0 saturated heterocycles. The summed E-state index contributed by atoms with van der Waals surface area (Å²) in [5.74, 6) is -1.51. The van der Waals surface area contributed by atoms with E-state index in [4.69, 9.17) is 4.74 Å². The topological polar surface area (TPSA) is 98.8 Å². The first-order chi connectivity index (χ1) is 9.31. The van der Waals surface area contributed by atoms with E-state index >= 15 is 0 Å². The van der Waals surface area contributed by atoms with E-state index in [9.17, 15) is 18.0 Å². The van der Waals surface area contributed by atoms with Crippen LogP contribution in [0.2, 0.25) is 0 Å². The van der Waals surface area contributed by atoms with Crippen LogP contribution in [0, 0.1) is 0 Å². The Morgan fingerprint density at radius 3 is 2.50 bits per heavy atom. The molecule has 8 heteroatoms. The molecule has 1 rings (SSSR count). The monoisotopic (exact) mass is 301 g/mol. The normalized spacial score (nSPS) is 12.6. The number of hydrogen-bond acceptors (Lipinski definition) is 6. The first-order valence-electron chi connectivity index (χ1n) is 5.64. The third-order valence-corrected chi connectivity index (χ3v) is 3.88. The molecule has 1 aromatic rings. The molecule has 0 unspecified atom stereocenters. The van der Waals surface area contributed by atoms with Crippen LogP contribution in [0.1, 0.15) is 17.3 Å². The zero-order valence-corrected chi connectivity index (χ0v) is 12.1. The second-order valence-corrected chi connectivity index (χ2v) is 5.69. The summed E-state index contributed by atoms with van der Waals surface area (Å²) in [7, 11) is -1.22. The average molecular weight is 301 g/mol. The third-order valence-electron chi connectivity index (χ3n) is 2.47. The molecule has 110 valence electrons. The Bertz CT molecular complexity index is 610. The van der Waals surface area contributed by atoms with Gasteiger partial charge in [0.1, 0.15) is 0 Å². The fraction of sp³-hybridized carbons (Fsp3) is 0.333. The second kappa shape index (κ2) is 6.49. The van der Waals surface area contributed by atoms with Crippen LogP contribution in [0.15, 0.2) is 29.2 Å². The smallest absolute Gasteiger partial charge is 0.346 e. The van der Waals surface area contributed by atoms with Gasteiger partial charge in [-0.15, -0.1) is 0 Å². The van der Waals surface area contributed by atoms with Crippen molar-refractivity contribution in [2.75, 3.05) is 14.2 Å². The lowest BCUT2D eigenvalue weighted by molar-refractivity contribution is -0.149. The number of rotatable bonds is 5. The van der Waals surface area contributed by atoms with Gasteiger partial charge in [0.2, 0.25) is 10.0 Å². The zero-order chi connectivity index (χ0) is 15.3. The van der Waals surface area contributed by atoms with Crippen LogP contribution in [-0.2, 0) is 24.3 Å². The Hall–Kier alpha value is -1.93. The molecular formula is C12H15NO6S. The van der Waals surface area contributed by atoms with Gasteiger partial charge in [-0.2, -0.15) is 0 Å². The Morgan fingerprint density at radius 1 is 1.30 bits per heavy atom. The van der Waals surface area contributed by atoms with Crippen LogP contribution in [0.5, 0.6) is 0 Å². The van der Waals surface area contributed by atoms with Gasteiger partial charge in [0, 0.05) is 0 Å². The Balaban J connectivity index is 2.96.